The number of carbonyl (C=O) groups is 1. The average Bonchev–Trinajstić information content (AvgIpc) is 2.89. The van der Waals surface area contributed by atoms with Crippen molar-refractivity contribution in [2.75, 3.05) is 6.61 Å². The molecule has 1 aliphatic rings. The van der Waals surface area contributed by atoms with Gasteiger partial charge < -0.3 is 4.74 Å². The largest absolute Gasteiger partial charge is 0.493 e. The molecule has 0 unspecified atom stereocenters. The Hall–Kier alpha value is -1.32. The van der Waals surface area contributed by atoms with Crippen LogP contribution in [0.25, 0.3) is 0 Å². The van der Waals surface area contributed by atoms with Gasteiger partial charge >= 0.3 is 0 Å². The van der Waals surface area contributed by atoms with Crippen LogP contribution in [-0.2, 0) is 24.1 Å². The van der Waals surface area contributed by atoms with Gasteiger partial charge in [-0.1, -0.05) is 45.7 Å². The number of Topliss-reactive ketones (excluding diaryl/α,β-unsaturated/α-hetero) is 1. The maximum Gasteiger partial charge on any atom is 0.141 e. The molecule has 21 heavy (non-hydrogen) atoms. The third-order valence-corrected chi connectivity index (χ3v) is 4.38. The molecule has 0 aromatic heterocycles. The molecule has 0 radical (unpaired) electrons. The Morgan fingerprint density at radius 3 is 2.76 bits per heavy atom. The zero-order chi connectivity index (χ0) is 14.8. The van der Waals surface area contributed by atoms with Gasteiger partial charge in [0.05, 0.1) is 6.61 Å². The lowest BCUT2D eigenvalue weighted by molar-refractivity contribution is -0.117. The molecular formula is C17H14BrClO2. The average molecular weight is 366 g/mol. The van der Waals surface area contributed by atoms with E-state index in [0.717, 1.165) is 27.8 Å². The predicted octanol–water partition coefficient (Wildman–Crippen LogP) is 4.39. The summed E-state index contributed by atoms with van der Waals surface area (Å²) in [6.07, 6.45) is 1.62. The summed E-state index contributed by atoms with van der Waals surface area (Å²) in [5.74, 6) is 1.02. The molecule has 1 aliphatic heterocycles. The van der Waals surface area contributed by atoms with Gasteiger partial charge in [-0.05, 0) is 29.3 Å². The lowest BCUT2D eigenvalue weighted by Gasteiger charge is -2.09. The van der Waals surface area contributed by atoms with E-state index in [0.29, 0.717) is 24.5 Å². The summed E-state index contributed by atoms with van der Waals surface area (Å²) in [6, 6.07) is 11.5. The highest BCUT2D eigenvalue weighted by Crippen LogP contribution is 2.33. The lowest BCUT2D eigenvalue weighted by atomic mass is 10.00. The highest BCUT2D eigenvalue weighted by molar-refractivity contribution is 9.10. The fourth-order valence-electron chi connectivity index (χ4n) is 2.61. The van der Waals surface area contributed by atoms with Gasteiger partial charge in [0.15, 0.2) is 0 Å². The quantitative estimate of drug-likeness (QED) is 0.803. The molecule has 0 spiro atoms. The van der Waals surface area contributed by atoms with Crippen LogP contribution in [0.5, 0.6) is 5.75 Å². The minimum atomic E-state index is 0.138. The van der Waals surface area contributed by atoms with E-state index in [-0.39, 0.29) is 5.78 Å². The summed E-state index contributed by atoms with van der Waals surface area (Å²) in [5.41, 5.74) is 3.00. The number of fused-ring (bicyclic) bond motifs is 1. The van der Waals surface area contributed by atoms with Crippen LogP contribution in [0, 0.1) is 0 Å². The molecule has 2 aromatic rings. The van der Waals surface area contributed by atoms with Crippen molar-refractivity contribution in [3.8, 4) is 5.75 Å². The molecule has 0 amide bonds. The van der Waals surface area contributed by atoms with Gasteiger partial charge in [-0.3, -0.25) is 4.79 Å². The molecule has 0 fully saturated rings. The number of hydrogen-bond donors (Lipinski definition) is 0. The third kappa shape index (κ3) is 3.30. The maximum absolute atomic E-state index is 12.3. The van der Waals surface area contributed by atoms with Gasteiger partial charge in [-0.15, -0.1) is 0 Å². The molecule has 108 valence electrons. The van der Waals surface area contributed by atoms with Crippen LogP contribution in [0.4, 0.5) is 0 Å². The predicted molar refractivity (Wildman–Crippen MR) is 87.2 cm³/mol. The molecule has 0 aliphatic carbocycles. The number of halogens is 2. The van der Waals surface area contributed by atoms with Gasteiger partial charge in [0.1, 0.15) is 11.5 Å². The standard InChI is InChI=1S/C17H14BrClO2/c18-14-7-12-5-6-21-17(12)13(8-14)10-15(20)9-11-3-1-2-4-16(11)19/h1-4,7-8H,5-6,9-10H2. The first kappa shape index (κ1) is 14.6. The summed E-state index contributed by atoms with van der Waals surface area (Å²) in [5, 5.41) is 0.640. The first-order chi connectivity index (χ1) is 10.1. The fourth-order valence-corrected chi connectivity index (χ4v) is 3.36. The third-order valence-electron chi connectivity index (χ3n) is 3.56. The molecule has 4 heteroatoms. The van der Waals surface area contributed by atoms with E-state index >= 15 is 0 Å². The second-order valence-corrected chi connectivity index (χ2v) is 6.46. The second kappa shape index (κ2) is 6.20. The molecule has 0 N–H and O–H groups in total. The van der Waals surface area contributed by atoms with Gasteiger partial charge in [-0.2, -0.15) is 0 Å². The highest BCUT2D eigenvalue weighted by Gasteiger charge is 2.19. The normalized spacial score (nSPS) is 12.9. The summed E-state index contributed by atoms with van der Waals surface area (Å²) >= 11 is 9.60. The summed E-state index contributed by atoms with van der Waals surface area (Å²) in [6.45, 7) is 0.692. The van der Waals surface area contributed by atoms with Gasteiger partial charge in [0.2, 0.25) is 0 Å². The molecule has 0 bridgehead atoms. The van der Waals surface area contributed by atoms with E-state index in [4.69, 9.17) is 16.3 Å². The zero-order valence-electron chi connectivity index (χ0n) is 11.4. The smallest absolute Gasteiger partial charge is 0.141 e. The summed E-state index contributed by atoms with van der Waals surface area (Å²) in [7, 11) is 0. The minimum absolute atomic E-state index is 0.138. The van der Waals surface area contributed by atoms with E-state index in [9.17, 15) is 4.79 Å². The van der Waals surface area contributed by atoms with E-state index in [2.05, 4.69) is 22.0 Å². The minimum Gasteiger partial charge on any atom is -0.493 e. The Morgan fingerprint density at radius 2 is 1.95 bits per heavy atom. The van der Waals surface area contributed by atoms with E-state index in [1.54, 1.807) is 0 Å². The lowest BCUT2D eigenvalue weighted by Crippen LogP contribution is -2.08. The number of benzene rings is 2. The van der Waals surface area contributed by atoms with Gasteiger partial charge in [0.25, 0.3) is 0 Å². The highest BCUT2D eigenvalue weighted by atomic mass is 79.9. The molecular weight excluding hydrogens is 352 g/mol. The van der Waals surface area contributed by atoms with E-state index in [1.807, 2.05) is 30.3 Å². The van der Waals surface area contributed by atoms with Crippen LogP contribution < -0.4 is 4.74 Å². The van der Waals surface area contributed by atoms with E-state index < -0.39 is 0 Å². The first-order valence-electron chi connectivity index (χ1n) is 6.82. The van der Waals surface area contributed by atoms with Crippen LogP contribution in [0.1, 0.15) is 16.7 Å². The zero-order valence-corrected chi connectivity index (χ0v) is 13.7. The monoisotopic (exact) mass is 364 g/mol. The molecule has 3 rings (SSSR count). The molecule has 2 nitrogen and oxygen atoms in total. The van der Waals surface area contributed by atoms with Crippen molar-refractivity contribution in [2.24, 2.45) is 0 Å². The molecule has 1 heterocycles. The van der Waals surface area contributed by atoms with Crippen LogP contribution >= 0.6 is 27.5 Å². The van der Waals surface area contributed by atoms with Crippen molar-refractivity contribution in [1.29, 1.82) is 0 Å². The number of carbonyl (C=O) groups excluding carboxylic acids is 1. The topological polar surface area (TPSA) is 26.3 Å². The van der Waals surface area contributed by atoms with Crippen molar-refractivity contribution < 1.29 is 9.53 Å². The Kier molecular flexibility index (Phi) is 4.32. The SMILES string of the molecule is O=C(Cc1ccccc1Cl)Cc1cc(Br)cc2c1OCC2. The fraction of sp³-hybridized carbons (Fsp3) is 0.235. The van der Waals surface area contributed by atoms with Gasteiger partial charge in [0, 0.05) is 34.3 Å². The Labute approximate surface area is 137 Å². The van der Waals surface area contributed by atoms with E-state index in [1.165, 1.54) is 5.56 Å². The number of ketones is 1. The first-order valence-corrected chi connectivity index (χ1v) is 8.00. The van der Waals surface area contributed by atoms with Crippen molar-refractivity contribution in [2.45, 2.75) is 19.3 Å². The Morgan fingerprint density at radius 1 is 1.19 bits per heavy atom. The van der Waals surface area contributed by atoms with Crippen molar-refractivity contribution in [1.82, 2.24) is 0 Å². The molecule has 0 atom stereocenters. The molecule has 0 saturated heterocycles. The Balaban J connectivity index is 1.78. The van der Waals surface area contributed by atoms with Crippen LogP contribution in [0.2, 0.25) is 5.02 Å². The van der Waals surface area contributed by atoms with Gasteiger partial charge in [-0.25, -0.2) is 0 Å². The molecule has 0 saturated carbocycles. The molecule has 2 aromatic carbocycles. The number of rotatable bonds is 4. The Bertz CT molecular complexity index is 697. The number of ether oxygens (including phenoxy) is 1. The van der Waals surface area contributed by atoms with Crippen molar-refractivity contribution >= 4 is 33.3 Å². The van der Waals surface area contributed by atoms with Crippen molar-refractivity contribution in [3.05, 3.63) is 62.6 Å². The number of hydrogen-bond acceptors (Lipinski definition) is 2. The maximum atomic E-state index is 12.3. The second-order valence-electron chi connectivity index (χ2n) is 5.14. The van der Waals surface area contributed by atoms with Crippen molar-refractivity contribution in [3.63, 3.8) is 0 Å². The van der Waals surface area contributed by atoms with Crippen LogP contribution in [-0.4, -0.2) is 12.4 Å². The summed E-state index contributed by atoms with van der Waals surface area (Å²) < 4.78 is 6.65. The van der Waals surface area contributed by atoms with Crippen LogP contribution in [0.3, 0.4) is 0 Å². The summed E-state index contributed by atoms with van der Waals surface area (Å²) in [4.78, 5) is 12.3. The van der Waals surface area contributed by atoms with Crippen LogP contribution in [0.15, 0.2) is 40.9 Å².